The number of unbranched alkanes of at least 4 members (excludes halogenated alkanes) is 1. The fraction of sp³-hybridized carbons (Fsp3) is 0.156. The summed E-state index contributed by atoms with van der Waals surface area (Å²) in [7, 11) is 0. The second-order valence-corrected chi connectivity index (χ2v) is 8.68. The summed E-state index contributed by atoms with van der Waals surface area (Å²) in [6, 6.07) is 24.6. The van der Waals surface area contributed by atoms with Crippen LogP contribution in [0.3, 0.4) is 0 Å². The van der Waals surface area contributed by atoms with E-state index in [0.29, 0.717) is 60.0 Å². The molecule has 0 aromatic heterocycles. The molecule has 0 bridgehead atoms. The van der Waals surface area contributed by atoms with E-state index in [1.54, 1.807) is 55.5 Å². The van der Waals surface area contributed by atoms with Gasteiger partial charge in [0.25, 0.3) is 0 Å². The first-order valence-electron chi connectivity index (χ1n) is 12.5. The van der Waals surface area contributed by atoms with Crippen LogP contribution in [0.2, 0.25) is 0 Å². The Kier molecular flexibility index (Phi) is 9.08. The molecule has 4 aromatic carbocycles. The highest BCUT2D eigenvalue weighted by Gasteiger charge is 2.15. The van der Waals surface area contributed by atoms with E-state index in [9.17, 15) is 14.4 Å². The third kappa shape index (κ3) is 7.32. The van der Waals surface area contributed by atoms with Crippen LogP contribution < -0.4 is 14.2 Å². The SMILES string of the molecule is C=CC(=O)OCCCCOc1ccc(C(=O)Oc2ccc(OC(=O)c3cccc4ccccc34)c(C)c2)cc1. The molecule has 0 spiro atoms. The van der Waals surface area contributed by atoms with Gasteiger partial charge in [-0.3, -0.25) is 0 Å². The zero-order valence-electron chi connectivity index (χ0n) is 21.6. The van der Waals surface area contributed by atoms with Gasteiger partial charge in [-0.05, 0) is 84.6 Å². The minimum atomic E-state index is -0.523. The number of rotatable bonds is 11. The molecule has 39 heavy (non-hydrogen) atoms. The molecule has 198 valence electrons. The maximum Gasteiger partial charge on any atom is 0.344 e. The van der Waals surface area contributed by atoms with E-state index in [0.717, 1.165) is 16.8 Å². The first-order valence-corrected chi connectivity index (χ1v) is 12.5. The molecule has 0 aliphatic carbocycles. The number of fused-ring (bicyclic) bond motifs is 1. The van der Waals surface area contributed by atoms with E-state index in [-0.39, 0.29) is 0 Å². The average Bonchev–Trinajstić information content (AvgIpc) is 2.96. The summed E-state index contributed by atoms with van der Waals surface area (Å²) in [5.41, 5.74) is 1.49. The molecule has 0 amide bonds. The quantitative estimate of drug-likeness (QED) is 0.0961. The maximum atomic E-state index is 12.9. The highest BCUT2D eigenvalue weighted by atomic mass is 16.5. The Balaban J connectivity index is 1.29. The van der Waals surface area contributed by atoms with E-state index in [1.807, 2.05) is 36.4 Å². The van der Waals surface area contributed by atoms with Gasteiger partial charge in [-0.25, -0.2) is 14.4 Å². The van der Waals surface area contributed by atoms with E-state index in [1.165, 1.54) is 0 Å². The first-order chi connectivity index (χ1) is 18.9. The van der Waals surface area contributed by atoms with E-state index >= 15 is 0 Å². The molecule has 0 fully saturated rings. The summed E-state index contributed by atoms with van der Waals surface area (Å²) in [5.74, 6) is -0.0933. The van der Waals surface area contributed by atoms with Gasteiger partial charge < -0.3 is 18.9 Å². The Hall–Kier alpha value is -4.91. The van der Waals surface area contributed by atoms with Crippen LogP contribution in [0.25, 0.3) is 10.8 Å². The molecule has 0 aliphatic heterocycles. The third-order valence-corrected chi connectivity index (χ3v) is 5.88. The molecule has 4 rings (SSSR count). The Labute approximate surface area is 226 Å². The van der Waals surface area contributed by atoms with Crippen LogP contribution in [0.4, 0.5) is 0 Å². The fourth-order valence-electron chi connectivity index (χ4n) is 3.84. The lowest BCUT2D eigenvalue weighted by atomic mass is 10.0. The lowest BCUT2D eigenvalue weighted by molar-refractivity contribution is -0.137. The Morgan fingerprint density at radius 3 is 2.26 bits per heavy atom. The van der Waals surface area contributed by atoms with Gasteiger partial charge in [-0.15, -0.1) is 0 Å². The lowest BCUT2D eigenvalue weighted by Crippen LogP contribution is -2.11. The number of hydrogen-bond acceptors (Lipinski definition) is 7. The zero-order valence-corrected chi connectivity index (χ0v) is 21.6. The standard InChI is InChI=1S/C32H28O7/c1-3-30(33)37-20-7-6-19-36-25-15-13-24(14-16-25)31(34)38-26-17-18-29(22(2)21-26)39-32(35)28-12-8-10-23-9-4-5-11-27(23)28/h3-5,8-18,21H,1,6-7,19-20H2,2H3. The topological polar surface area (TPSA) is 88.1 Å². The molecule has 0 saturated heterocycles. The summed E-state index contributed by atoms with van der Waals surface area (Å²) in [5, 5.41) is 1.77. The summed E-state index contributed by atoms with van der Waals surface area (Å²) < 4.78 is 21.7. The molecule has 0 aliphatic rings. The molecule has 7 nitrogen and oxygen atoms in total. The fourth-order valence-corrected chi connectivity index (χ4v) is 3.84. The Morgan fingerprint density at radius 1 is 0.769 bits per heavy atom. The van der Waals surface area contributed by atoms with Gasteiger partial charge in [0.1, 0.15) is 17.2 Å². The molecular formula is C32H28O7. The van der Waals surface area contributed by atoms with Crippen molar-refractivity contribution in [3.63, 3.8) is 0 Å². The van der Waals surface area contributed by atoms with Crippen LogP contribution in [-0.2, 0) is 9.53 Å². The highest BCUT2D eigenvalue weighted by molar-refractivity contribution is 6.05. The largest absolute Gasteiger partial charge is 0.494 e. The minimum Gasteiger partial charge on any atom is -0.494 e. The Bertz CT molecular complexity index is 1480. The monoisotopic (exact) mass is 524 g/mol. The maximum absolute atomic E-state index is 12.9. The van der Waals surface area contributed by atoms with Crippen molar-refractivity contribution in [1.29, 1.82) is 0 Å². The van der Waals surface area contributed by atoms with Crippen molar-refractivity contribution < 1.29 is 33.3 Å². The molecule has 0 saturated carbocycles. The van der Waals surface area contributed by atoms with Gasteiger partial charge in [-0.2, -0.15) is 0 Å². The minimum absolute atomic E-state index is 0.312. The van der Waals surface area contributed by atoms with Gasteiger partial charge in [-0.1, -0.05) is 43.0 Å². The predicted octanol–water partition coefficient (Wildman–Crippen LogP) is 6.47. The number of carbonyl (C=O) groups excluding carboxylic acids is 3. The number of ether oxygens (including phenoxy) is 4. The van der Waals surface area contributed by atoms with Crippen molar-refractivity contribution in [2.45, 2.75) is 19.8 Å². The van der Waals surface area contributed by atoms with Crippen LogP contribution in [0.15, 0.2) is 97.6 Å². The lowest BCUT2D eigenvalue weighted by Gasteiger charge is -2.11. The average molecular weight is 525 g/mol. The number of aryl methyl sites for hydroxylation is 1. The van der Waals surface area contributed by atoms with Crippen LogP contribution in [0.1, 0.15) is 39.1 Å². The van der Waals surface area contributed by atoms with Gasteiger partial charge in [0.05, 0.1) is 24.3 Å². The van der Waals surface area contributed by atoms with Gasteiger partial charge in [0, 0.05) is 6.08 Å². The van der Waals surface area contributed by atoms with Crippen molar-refractivity contribution in [2.75, 3.05) is 13.2 Å². The number of hydrogen-bond donors (Lipinski definition) is 0. The molecular weight excluding hydrogens is 496 g/mol. The van der Waals surface area contributed by atoms with Crippen LogP contribution >= 0.6 is 0 Å². The molecule has 0 N–H and O–H groups in total. The van der Waals surface area contributed by atoms with Crippen LogP contribution in [0, 0.1) is 6.92 Å². The van der Waals surface area contributed by atoms with Crippen LogP contribution in [0.5, 0.6) is 17.2 Å². The first kappa shape index (κ1) is 27.1. The smallest absolute Gasteiger partial charge is 0.344 e. The van der Waals surface area contributed by atoms with Gasteiger partial charge in [0.2, 0.25) is 0 Å². The van der Waals surface area contributed by atoms with Crippen molar-refractivity contribution in [3.05, 3.63) is 114 Å². The van der Waals surface area contributed by atoms with Crippen molar-refractivity contribution in [2.24, 2.45) is 0 Å². The van der Waals surface area contributed by atoms with Gasteiger partial charge in [0.15, 0.2) is 0 Å². The van der Waals surface area contributed by atoms with E-state index < -0.39 is 17.9 Å². The zero-order chi connectivity index (χ0) is 27.6. The second kappa shape index (κ2) is 13.1. The summed E-state index contributed by atoms with van der Waals surface area (Å²) in [6.07, 6.45) is 2.51. The van der Waals surface area contributed by atoms with Gasteiger partial charge >= 0.3 is 17.9 Å². The predicted molar refractivity (Wildman–Crippen MR) is 147 cm³/mol. The molecule has 0 heterocycles. The highest BCUT2D eigenvalue weighted by Crippen LogP contribution is 2.27. The summed E-state index contributed by atoms with van der Waals surface area (Å²) >= 11 is 0. The third-order valence-electron chi connectivity index (χ3n) is 5.88. The molecule has 7 heteroatoms. The summed E-state index contributed by atoms with van der Waals surface area (Å²) in [6.45, 7) is 5.88. The molecule has 4 aromatic rings. The number of esters is 3. The number of carbonyl (C=O) groups is 3. The van der Waals surface area contributed by atoms with Crippen molar-refractivity contribution in [1.82, 2.24) is 0 Å². The second-order valence-electron chi connectivity index (χ2n) is 8.68. The Morgan fingerprint density at radius 2 is 1.49 bits per heavy atom. The van der Waals surface area contributed by atoms with Crippen LogP contribution in [-0.4, -0.2) is 31.1 Å². The van der Waals surface area contributed by atoms with Crippen molar-refractivity contribution in [3.8, 4) is 17.2 Å². The molecule has 0 unspecified atom stereocenters. The van der Waals surface area contributed by atoms with E-state index in [2.05, 4.69) is 6.58 Å². The normalized spacial score (nSPS) is 10.5. The van der Waals surface area contributed by atoms with E-state index in [4.69, 9.17) is 18.9 Å². The molecule has 0 atom stereocenters. The number of benzene rings is 4. The van der Waals surface area contributed by atoms with Crippen molar-refractivity contribution >= 4 is 28.7 Å². The molecule has 0 radical (unpaired) electrons. The summed E-state index contributed by atoms with van der Waals surface area (Å²) in [4.78, 5) is 36.5.